The van der Waals surface area contributed by atoms with Crippen molar-refractivity contribution in [2.75, 3.05) is 0 Å². The molecule has 0 radical (unpaired) electrons. The van der Waals surface area contributed by atoms with E-state index in [9.17, 15) is 0 Å². The van der Waals surface area contributed by atoms with E-state index >= 15 is 0 Å². The number of hydrogen-bond acceptors (Lipinski definition) is 2. The Morgan fingerprint density at radius 3 is 2.80 bits per heavy atom. The largest absolute Gasteiger partial charge is 0.359 e. The summed E-state index contributed by atoms with van der Waals surface area (Å²) in [6.07, 6.45) is 0. The van der Waals surface area contributed by atoms with E-state index in [4.69, 9.17) is 16.1 Å². The number of nitrogens with zero attached hydrogens (tertiary/aromatic N) is 1. The third-order valence-corrected chi connectivity index (χ3v) is 3.01. The molecule has 1 aromatic carbocycles. The number of alkyl halides is 1. The summed E-state index contributed by atoms with van der Waals surface area (Å²) in [5, 5.41) is 3.96. The minimum atomic E-state index is 0.344. The van der Waals surface area contributed by atoms with Gasteiger partial charge in [0.05, 0.1) is 5.88 Å². The number of halogens is 2. The topological polar surface area (TPSA) is 26.0 Å². The molecule has 1 heterocycles. The van der Waals surface area contributed by atoms with Crippen molar-refractivity contribution in [1.29, 1.82) is 0 Å². The molecule has 4 heteroatoms. The normalized spacial score (nSPS) is 10.6. The molecule has 0 amide bonds. The van der Waals surface area contributed by atoms with E-state index in [0.717, 1.165) is 15.7 Å². The fraction of sp³-hybridized carbons (Fsp3) is 0.182. The van der Waals surface area contributed by atoms with Crippen molar-refractivity contribution in [3.05, 3.63) is 40.1 Å². The lowest BCUT2D eigenvalue weighted by atomic mass is 10.1. The zero-order valence-electron chi connectivity index (χ0n) is 8.13. The molecule has 78 valence electrons. The van der Waals surface area contributed by atoms with Crippen molar-refractivity contribution < 1.29 is 4.52 Å². The molecule has 0 N–H and O–H groups in total. The van der Waals surface area contributed by atoms with Gasteiger partial charge in [0.15, 0.2) is 5.76 Å². The molecule has 0 aliphatic heterocycles. The van der Waals surface area contributed by atoms with Crippen LogP contribution in [-0.2, 0) is 5.88 Å². The van der Waals surface area contributed by atoms with Gasteiger partial charge < -0.3 is 4.52 Å². The van der Waals surface area contributed by atoms with Crippen LogP contribution in [0.1, 0.15) is 11.3 Å². The van der Waals surface area contributed by atoms with E-state index < -0.39 is 0 Å². The van der Waals surface area contributed by atoms with Crippen molar-refractivity contribution in [3.63, 3.8) is 0 Å². The molecule has 0 aliphatic rings. The molecule has 0 spiro atoms. The van der Waals surface area contributed by atoms with Crippen LogP contribution in [0.25, 0.3) is 11.3 Å². The van der Waals surface area contributed by atoms with Crippen molar-refractivity contribution >= 4 is 27.5 Å². The second-order valence-electron chi connectivity index (χ2n) is 3.30. The first-order valence-electron chi connectivity index (χ1n) is 4.49. The van der Waals surface area contributed by atoms with Crippen LogP contribution in [-0.4, -0.2) is 5.16 Å². The fourth-order valence-electron chi connectivity index (χ4n) is 1.33. The summed E-state index contributed by atoms with van der Waals surface area (Å²) < 4.78 is 6.06. The standard InChI is InChI=1S/C11H9BrClNO/c1-7-2-3-9(10(12)4-7)11-5-8(6-13)15-14-11/h2-5H,6H2,1H3. The van der Waals surface area contributed by atoms with Gasteiger partial charge in [-0.25, -0.2) is 0 Å². The summed E-state index contributed by atoms with van der Waals surface area (Å²) >= 11 is 9.15. The summed E-state index contributed by atoms with van der Waals surface area (Å²) in [4.78, 5) is 0. The van der Waals surface area contributed by atoms with Gasteiger partial charge in [0.2, 0.25) is 0 Å². The lowest BCUT2D eigenvalue weighted by Gasteiger charge is -2.00. The van der Waals surface area contributed by atoms with E-state index in [1.807, 2.05) is 31.2 Å². The molecule has 0 aliphatic carbocycles. The number of benzene rings is 1. The Hall–Kier alpha value is -0.800. The lowest BCUT2D eigenvalue weighted by Crippen LogP contribution is -1.80. The van der Waals surface area contributed by atoms with Crippen molar-refractivity contribution in [3.8, 4) is 11.3 Å². The molecule has 2 nitrogen and oxygen atoms in total. The summed E-state index contributed by atoms with van der Waals surface area (Å²) in [6, 6.07) is 7.94. The van der Waals surface area contributed by atoms with Crippen LogP contribution in [0, 0.1) is 6.92 Å². The number of rotatable bonds is 2. The van der Waals surface area contributed by atoms with E-state index in [2.05, 4.69) is 21.1 Å². The van der Waals surface area contributed by atoms with Crippen LogP contribution in [0.5, 0.6) is 0 Å². The first-order valence-corrected chi connectivity index (χ1v) is 5.81. The molecule has 15 heavy (non-hydrogen) atoms. The third kappa shape index (κ3) is 2.24. The molecule has 0 unspecified atom stereocenters. The zero-order valence-corrected chi connectivity index (χ0v) is 10.5. The Morgan fingerprint density at radius 1 is 1.40 bits per heavy atom. The Balaban J connectivity index is 2.44. The smallest absolute Gasteiger partial charge is 0.152 e. The van der Waals surface area contributed by atoms with Crippen molar-refractivity contribution in [2.24, 2.45) is 0 Å². The summed E-state index contributed by atoms with van der Waals surface area (Å²) in [7, 11) is 0. The molecule has 2 aromatic rings. The average molecular weight is 287 g/mol. The Bertz CT molecular complexity index is 481. The second kappa shape index (κ2) is 4.37. The summed E-state index contributed by atoms with van der Waals surface area (Å²) in [5.74, 6) is 1.02. The number of aryl methyl sites for hydroxylation is 1. The van der Waals surface area contributed by atoms with Gasteiger partial charge in [0.1, 0.15) is 5.69 Å². The van der Waals surface area contributed by atoms with Crippen LogP contribution < -0.4 is 0 Å². The zero-order chi connectivity index (χ0) is 10.8. The van der Waals surface area contributed by atoms with Gasteiger partial charge >= 0.3 is 0 Å². The molecule has 2 rings (SSSR count). The van der Waals surface area contributed by atoms with Gasteiger partial charge in [-0.2, -0.15) is 0 Å². The molecule has 0 atom stereocenters. The highest BCUT2D eigenvalue weighted by atomic mass is 79.9. The average Bonchev–Trinajstić information content (AvgIpc) is 2.66. The second-order valence-corrected chi connectivity index (χ2v) is 4.42. The predicted octanol–water partition coefficient (Wildman–Crippen LogP) is 4.15. The van der Waals surface area contributed by atoms with Crippen LogP contribution in [0.3, 0.4) is 0 Å². The monoisotopic (exact) mass is 285 g/mol. The number of aromatic nitrogens is 1. The van der Waals surface area contributed by atoms with Gasteiger partial charge in [-0.05, 0) is 18.6 Å². The van der Waals surface area contributed by atoms with Gasteiger partial charge in [-0.3, -0.25) is 0 Å². The molecular formula is C11H9BrClNO. The van der Waals surface area contributed by atoms with Gasteiger partial charge in [-0.15, -0.1) is 11.6 Å². The first-order chi connectivity index (χ1) is 7.20. The Kier molecular flexibility index (Phi) is 3.12. The maximum Gasteiger partial charge on any atom is 0.152 e. The van der Waals surface area contributed by atoms with Crippen LogP contribution in [0.15, 0.2) is 33.3 Å². The lowest BCUT2D eigenvalue weighted by molar-refractivity contribution is 0.396. The Morgan fingerprint density at radius 2 is 2.20 bits per heavy atom. The SMILES string of the molecule is Cc1ccc(-c2cc(CCl)on2)c(Br)c1. The van der Waals surface area contributed by atoms with Gasteiger partial charge in [-0.1, -0.05) is 33.2 Å². The van der Waals surface area contributed by atoms with E-state index in [-0.39, 0.29) is 0 Å². The molecule has 0 saturated heterocycles. The van der Waals surface area contributed by atoms with Crippen LogP contribution >= 0.6 is 27.5 Å². The molecule has 0 fully saturated rings. The number of hydrogen-bond donors (Lipinski definition) is 0. The van der Waals surface area contributed by atoms with Crippen LogP contribution in [0.4, 0.5) is 0 Å². The van der Waals surface area contributed by atoms with E-state index in [1.54, 1.807) is 0 Å². The molecule has 0 bridgehead atoms. The summed E-state index contributed by atoms with van der Waals surface area (Å²) in [6.45, 7) is 2.04. The molecule has 0 saturated carbocycles. The maximum absolute atomic E-state index is 5.65. The predicted molar refractivity (Wildman–Crippen MR) is 63.9 cm³/mol. The van der Waals surface area contributed by atoms with Gasteiger partial charge in [0, 0.05) is 16.1 Å². The van der Waals surface area contributed by atoms with E-state index in [1.165, 1.54) is 5.56 Å². The molecular weight excluding hydrogens is 277 g/mol. The van der Waals surface area contributed by atoms with Gasteiger partial charge in [0.25, 0.3) is 0 Å². The quantitative estimate of drug-likeness (QED) is 0.775. The minimum absolute atomic E-state index is 0.344. The highest BCUT2D eigenvalue weighted by molar-refractivity contribution is 9.10. The van der Waals surface area contributed by atoms with Crippen molar-refractivity contribution in [2.45, 2.75) is 12.8 Å². The Labute approximate surface area is 101 Å². The first kappa shape index (κ1) is 10.7. The third-order valence-electron chi connectivity index (χ3n) is 2.09. The summed E-state index contributed by atoms with van der Waals surface area (Å²) in [5.41, 5.74) is 3.02. The van der Waals surface area contributed by atoms with E-state index in [0.29, 0.717) is 11.6 Å². The maximum atomic E-state index is 5.65. The minimum Gasteiger partial charge on any atom is -0.359 e. The fourth-order valence-corrected chi connectivity index (χ4v) is 2.15. The highest BCUT2D eigenvalue weighted by Crippen LogP contribution is 2.28. The van der Waals surface area contributed by atoms with Crippen molar-refractivity contribution in [1.82, 2.24) is 5.16 Å². The molecule has 1 aromatic heterocycles. The highest BCUT2D eigenvalue weighted by Gasteiger charge is 2.08. The van der Waals surface area contributed by atoms with Crippen LogP contribution in [0.2, 0.25) is 0 Å².